The van der Waals surface area contributed by atoms with Crippen LogP contribution in [0.2, 0.25) is 0 Å². The zero-order valence-electron chi connectivity index (χ0n) is 4.93. The summed E-state index contributed by atoms with van der Waals surface area (Å²) in [6.07, 6.45) is 7.04. The topological polar surface area (TPSA) is 0 Å². The monoisotopic (exact) mass is 106 g/mol. The standard InChI is InChI=1S/C8H10/c1-2-7-5(1)3-6-4-8(6)7/h3,6-8H,1-2,4H2. The van der Waals surface area contributed by atoms with Crippen LogP contribution >= 0.6 is 0 Å². The summed E-state index contributed by atoms with van der Waals surface area (Å²) in [6.45, 7) is 0. The first-order valence-electron chi connectivity index (χ1n) is 3.66. The van der Waals surface area contributed by atoms with Gasteiger partial charge in [-0.05, 0) is 37.0 Å². The van der Waals surface area contributed by atoms with E-state index in [1.165, 1.54) is 19.3 Å². The molecule has 3 atom stereocenters. The maximum atomic E-state index is 2.54. The number of hydrogen-bond donors (Lipinski definition) is 0. The van der Waals surface area contributed by atoms with Crippen molar-refractivity contribution in [1.29, 1.82) is 0 Å². The molecule has 0 heteroatoms. The highest BCUT2D eigenvalue weighted by Gasteiger charge is 2.51. The molecule has 0 bridgehead atoms. The highest BCUT2D eigenvalue weighted by molar-refractivity contribution is 5.30. The van der Waals surface area contributed by atoms with Crippen LogP contribution in [0.1, 0.15) is 19.3 Å². The van der Waals surface area contributed by atoms with Gasteiger partial charge in [0.15, 0.2) is 0 Å². The van der Waals surface area contributed by atoms with Crippen LogP contribution in [0.3, 0.4) is 0 Å². The molecule has 2 fully saturated rings. The number of allylic oxidation sites excluding steroid dienone is 2. The Kier molecular flexibility index (Phi) is 0.415. The minimum atomic E-state index is 1.07. The summed E-state index contributed by atoms with van der Waals surface area (Å²) < 4.78 is 0. The van der Waals surface area contributed by atoms with Crippen LogP contribution in [0, 0.1) is 17.8 Å². The molecule has 0 aliphatic heterocycles. The molecular formula is C8H10. The Morgan fingerprint density at radius 1 is 1.50 bits per heavy atom. The van der Waals surface area contributed by atoms with Gasteiger partial charge in [0.25, 0.3) is 0 Å². The lowest BCUT2D eigenvalue weighted by Crippen LogP contribution is -2.14. The Morgan fingerprint density at radius 2 is 2.50 bits per heavy atom. The Hall–Kier alpha value is -0.260. The first-order valence-corrected chi connectivity index (χ1v) is 3.66. The molecule has 0 aromatic carbocycles. The van der Waals surface area contributed by atoms with Crippen LogP contribution in [-0.4, -0.2) is 0 Å². The van der Waals surface area contributed by atoms with Crippen molar-refractivity contribution >= 4 is 0 Å². The highest BCUT2D eigenvalue weighted by atomic mass is 14.6. The van der Waals surface area contributed by atoms with Gasteiger partial charge < -0.3 is 0 Å². The molecule has 3 aliphatic carbocycles. The van der Waals surface area contributed by atoms with Gasteiger partial charge in [-0.15, -0.1) is 0 Å². The number of fused-ring (bicyclic) bond motifs is 3. The van der Waals surface area contributed by atoms with Crippen molar-refractivity contribution in [2.75, 3.05) is 0 Å². The smallest absolute Gasteiger partial charge is 0.0166 e. The lowest BCUT2D eigenvalue weighted by molar-refractivity contribution is 0.408. The molecule has 3 rings (SSSR count). The molecule has 2 saturated carbocycles. The predicted molar refractivity (Wildman–Crippen MR) is 32.4 cm³/mol. The minimum Gasteiger partial charge on any atom is -0.0816 e. The molecule has 0 aromatic heterocycles. The van der Waals surface area contributed by atoms with E-state index < -0.39 is 0 Å². The van der Waals surface area contributed by atoms with Crippen LogP contribution in [0.4, 0.5) is 0 Å². The molecule has 0 amide bonds. The summed E-state index contributed by atoms with van der Waals surface area (Å²) in [5, 5.41) is 0. The van der Waals surface area contributed by atoms with Crippen molar-refractivity contribution in [2.24, 2.45) is 17.8 Å². The fraction of sp³-hybridized carbons (Fsp3) is 0.750. The van der Waals surface area contributed by atoms with Crippen molar-refractivity contribution in [1.82, 2.24) is 0 Å². The van der Waals surface area contributed by atoms with Gasteiger partial charge in [-0.25, -0.2) is 0 Å². The van der Waals surface area contributed by atoms with Crippen LogP contribution in [-0.2, 0) is 0 Å². The molecule has 0 heterocycles. The normalized spacial score (nSPS) is 56.0. The SMILES string of the molecule is C1=C2CCC2C2CC12. The molecule has 0 saturated heterocycles. The van der Waals surface area contributed by atoms with Crippen LogP contribution < -0.4 is 0 Å². The number of rotatable bonds is 0. The Balaban J connectivity index is 2.07. The van der Waals surface area contributed by atoms with E-state index in [9.17, 15) is 0 Å². The van der Waals surface area contributed by atoms with Crippen LogP contribution in [0.15, 0.2) is 11.6 Å². The van der Waals surface area contributed by atoms with Crippen molar-refractivity contribution in [3.05, 3.63) is 11.6 Å². The van der Waals surface area contributed by atoms with Gasteiger partial charge in [0, 0.05) is 0 Å². The van der Waals surface area contributed by atoms with Crippen molar-refractivity contribution in [3.8, 4) is 0 Å². The van der Waals surface area contributed by atoms with Crippen LogP contribution in [0.25, 0.3) is 0 Å². The van der Waals surface area contributed by atoms with E-state index in [1.54, 1.807) is 0 Å². The zero-order chi connectivity index (χ0) is 5.14. The van der Waals surface area contributed by atoms with Gasteiger partial charge in [0.05, 0.1) is 0 Å². The van der Waals surface area contributed by atoms with Crippen molar-refractivity contribution in [2.45, 2.75) is 19.3 Å². The minimum absolute atomic E-state index is 1.07. The molecule has 42 valence electrons. The lowest BCUT2D eigenvalue weighted by atomic mass is 9.79. The summed E-state index contributed by atoms with van der Waals surface area (Å²) in [4.78, 5) is 0. The van der Waals surface area contributed by atoms with Crippen LogP contribution in [0.5, 0.6) is 0 Å². The molecule has 0 radical (unpaired) electrons. The van der Waals surface area contributed by atoms with E-state index in [2.05, 4.69) is 6.08 Å². The molecule has 3 aliphatic rings. The van der Waals surface area contributed by atoms with E-state index in [1.807, 2.05) is 5.57 Å². The van der Waals surface area contributed by atoms with E-state index in [-0.39, 0.29) is 0 Å². The molecule has 0 N–H and O–H groups in total. The molecule has 0 spiro atoms. The summed E-state index contributed by atoms with van der Waals surface area (Å²) in [6, 6.07) is 0. The zero-order valence-corrected chi connectivity index (χ0v) is 4.93. The average molecular weight is 106 g/mol. The lowest BCUT2D eigenvalue weighted by Gasteiger charge is -2.26. The van der Waals surface area contributed by atoms with Crippen molar-refractivity contribution < 1.29 is 0 Å². The Bertz CT molecular complexity index is 167. The largest absolute Gasteiger partial charge is 0.0816 e. The summed E-state index contributed by atoms with van der Waals surface area (Å²) in [5.41, 5.74) is 1.81. The second-order valence-electron chi connectivity index (χ2n) is 3.45. The van der Waals surface area contributed by atoms with Gasteiger partial charge in [0.2, 0.25) is 0 Å². The summed E-state index contributed by atoms with van der Waals surface area (Å²) in [7, 11) is 0. The van der Waals surface area contributed by atoms with E-state index in [0.717, 1.165) is 17.8 Å². The third-order valence-corrected chi connectivity index (χ3v) is 3.06. The Morgan fingerprint density at radius 3 is 2.88 bits per heavy atom. The first kappa shape index (κ1) is 3.71. The summed E-state index contributed by atoms with van der Waals surface area (Å²) in [5.74, 6) is 3.32. The fourth-order valence-corrected chi connectivity index (χ4v) is 2.34. The molecule has 0 aromatic rings. The fourth-order valence-electron chi connectivity index (χ4n) is 2.34. The third kappa shape index (κ3) is 0.249. The average Bonchev–Trinajstić information content (AvgIpc) is 2.34. The van der Waals surface area contributed by atoms with Gasteiger partial charge in [-0.3, -0.25) is 0 Å². The summed E-state index contributed by atoms with van der Waals surface area (Å²) >= 11 is 0. The highest BCUT2D eigenvalue weighted by Crippen LogP contribution is 2.61. The Labute approximate surface area is 49.6 Å². The van der Waals surface area contributed by atoms with Gasteiger partial charge in [-0.2, -0.15) is 0 Å². The van der Waals surface area contributed by atoms with E-state index in [0.29, 0.717) is 0 Å². The second kappa shape index (κ2) is 0.896. The van der Waals surface area contributed by atoms with E-state index >= 15 is 0 Å². The predicted octanol–water partition coefficient (Wildman–Crippen LogP) is 1.97. The van der Waals surface area contributed by atoms with Gasteiger partial charge >= 0.3 is 0 Å². The molecule has 3 unspecified atom stereocenters. The van der Waals surface area contributed by atoms with E-state index in [4.69, 9.17) is 0 Å². The maximum Gasteiger partial charge on any atom is -0.0166 e. The van der Waals surface area contributed by atoms with Gasteiger partial charge in [-0.1, -0.05) is 11.6 Å². The second-order valence-corrected chi connectivity index (χ2v) is 3.45. The quantitative estimate of drug-likeness (QED) is 0.414. The number of hydrogen-bond acceptors (Lipinski definition) is 0. The third-order valence-electron chi connectivity index (χ3n) is 3.06. The maximum absolute atomic E-state index is 2.54. The molecular weight excluding hydrogens is 96.1 g/mol. The van der Waals surface area contributed by atoms with Crippen molar-refractivity contribution in [3.63, 3.8) is 0 Å². The van der Waals surface area contributed by atoms with Gasteiger partial charge in [0.1, 0.15) is 0 Å². The molecule has 8 heavy (non-hydrogen) atoms. The first-order chi connectivity index (χ1) is 3.95. The molecule has 0 nitrogen and oxygen atoms in total.